The number of aromatic nitrogens is 1. The van der Waals surface area contributed by atoms with E-state index in [-0.39, 0.29) is 6.42 Å². The van der Waals surface area contributed by atoms with Gasteiger partial charge in [-0.15, -0.1) is 0 Å². The summed E-state index contributed by atoms with van der Waals surface area (Å²) in [7, 11) is 0. The average Bonchev–Trinajstić information content (AvgIpc) is 2.50. The minimum absolute atomic E-state index is 0.0162. The molecular weight excluding hydrogens is 174 g/mol. The van der Waals surface area contributed by atoms with Crippen LogP contribution in [0.15, 0.2) is 18.3 Å². The minimum atomic E-state index is -1.38. The molecule has 1 aromatic rings. The van der Waals surface area contributed by atoms with Crippen LogP contribution >= 0.6 is 0 Å². The molecule has 5 heteroatoms. The second-order valence-corrected chi connectivity index (χ2v) is 2.63. The first-order valence-electron chi connectivity index (χ1n) is 3.69. The van der Waals surface area contributed by atoms with Crippen molar-refractivity contribution >= 4 is 11.9 Å². The number of nitrogens with one attached hydrogen (secondary N) is 1. The van der Waals surface area contributed by atoms with Gasteiger partial charge in [0.25, 0.3) is 0 Å². The number of carbonyl (C=O) groups is 2. The van der Waals surface area contributed by atoms with Crippen molar-refractivity contribution in [2.45, 2.75) is 6.42 Å². The second kappa shape index (κ2) is 3.75. The third-order valence-electron chi connectivity index (χ3n) is 1.68. The third-order valence-corrected chi connectivity index (χ3v) is 1.68. The van der Waals surface area contributed by atoms with Crippen molar-refractivity contribution in [3.05, 3.63) is 24.0 Å². The van der Waals surface area contributed by atoms with E-state index in [1.54, 1.807) is 18.3 Å². The smallest absolute Gasteiger partial charge is 0.318 e. The normalized spacial score (nSPS) is 10.2. The molecule has 0 fully saturated rings. The van der Waals surface area contributed by atoms with Gasteiger partial charge < -0.3 is 15.2 Å². The standard InChI is InChI=1S/C8H9NO4/c10-7(11)6(8(12)13)4-5-2-1-3-9-5/h1-3,6,9H,4H2,(H,10,11)(H,12,13). The summed E-state index contributed by atoms with van der Waals surface area (Å²) in [4.78, 5) is 23.7. The van der Waals surface area contributed by atoms with Gasteiger partial charge in [-0.25, -0.2) is 0 Å². The van der Waals surface area contributed by atoms with Crippen LogP contribution in [0.5, 0.6) is 0 Å². The monoisotopic (exact) mass is 183 g/mol. The van der Waals surface area contributed by atoms with Crippen LogP contribution in [0.1, 0.15) is 5.69 Å². The van der Waals surface area contributed by atoms with Crippen molar-refractivity contribution in [2.75, 3.05) is 0 Å². The quantitative estimate of drug-likeness (QED) is 0.587. The third kappa shape index (κ3) is 2.33. The van der Waals surface area contributed by atoms with Gasteiger partial charge in [-0.2, -0.15) is 0 Å². The van der Waals surface area contributed by atoms with E-state index in [4.69, 9.17) is 10.2 Å². The topological polar surface area (TPSA) is 90.4 Å². The van der Waals surface area contributed by atoms with Crippen molar-refractivity contribution < 1.29 is 19.8 Å². The molecule has 5 nitrogen and oxygen atoms in total. The van der Waals surface area contributed by atoms with E-state index >= 15 is 0 Å². The molecule has 0 aliphatic rings. The van der Waals surface area contributed by atoms with Crippen LogP contribution < -0.4 is 0 Å². The predicted octanol–water partition coefficient (Wildman–Crippen LogP) is 0.343. The van der Waals surface area contributed by atoms with Crippen LogP contribution in [-0.4, -0.2) is 27.1 Å². The molecule has 0 radical (unpaired) electrons. The molecular formula is C8H9NO4. The fraction of sp³-hybridized carbons (Fsp3) is 0.250. The summed E-state index contributed by atoms with van der Waals surface area (Å²) in [6, 6.07) is 3.34. The molecule has 0 unspecified atom stereocenters. The van der Waals surface area contributed by atoms with E-state index in [1.807, 2.05) is 0 Å². The summed E-state index contributed by atoms with van der Waals surface area (Å²) in [6.45, 7) is 0. The maximum Gasteiger partial charge on any atom is 0.318 e. The molecule has 0 aliphatic carbocycles. The van der Waals surface area contributed by atoms with Crippen molar-refractivity contribution in [3.8, 4) is 0 Å². The Morgan fingerprint density at radius 3 is 2.38 bits per heavy atom. The number of hydrogen-bond acceptors (Lipinski definition) is 2. The van der Waals surface area contributed by atoms with E-state index in [0.29, 0.717) is 5.69 Å². The maximum atomic E-state index is 10.5. The number of carboxylic acids is 2. The Morgan fingerprint density at radius 1 is 1.38 bits per heavy atom. The lowest BCUT2D eigenvalue weighted by atomic mass is 10.0. The molecule has 1 heterocycles. The van der Waals surface area contributed by atoms with Crippen LogP contribution in [-0.2, 0) is 16.0 Å². The highest BCUT2D eigenvalue weighted by Crippen LogP contribution is 2.07. The highest BCUT2D eigenvalue weighted by atomic mass is 16.4. The second-order valence-electron chi connectivity index (χ2n) is 2.63. The molecule has 70 valence electrons. The highest BCUT2D eigenvalue weighted by molar-refractivity contribution is 5.93. The molecule has 0 aromatic carbocycles. The van der Waals surface area contributed by atoms with Crippen LogP contribution in [0.3, 0.4) is 0 Å². The fourth-order valence-corrected chi connectivity index (χ4v) is 0.995. The lowest BCUT2D eigenvalue weighted by Crippen LogP contribution is -2.25. The van der Waals surface area contributed by atoms with E-state index in [9.17, 15) is 9.59 Å². The van der Waals surface area contributed by atoms with Gasteiger partial charge in [0.05, 0.1) is 0 Å². The Morgan fingerprint density at radius 2 is 2.00 bits per heavy atom. The number of hydrogen-bond donors (Lipinski definition) is 3. The molecule has 0 spiro atoms. The average molecular weight is 183 g/mol. The summed E-state index contributed by atoms with van der Waals surface area (Å²) in [5, 5.41) is 17.1. The van der Waals surface area contributed by atoms with Gasteiger partial charge in [0, 0.05) is 18.3 Å². The molecule has 0 atom stereocenters. The number of H-pyrrole nitrogens is 1. The molecule has 1 rings (SSSR count). The SMILES string of the molecule is O=C(O)C(Cc1ccc[nH]1)C(=O)O. The van der Waals surface area contributed by atoms with E-state index in [0.717, 1.165) is 0 Å². The summed E-state index contributed by atoms with van der Waals surface area (Å²) in [5.41, 5.74) is 0.606. The van der Waals surface area contributed by atoms with E-state index < -0.39 is 17.9 Å². The van der Waals surface area contributed by atoms with Gasteiger partial charge in [0.2, 0.25) is 0 Å². The number of carboxylic acid groups (broad SMARTS) is 2. The molecule has 0 bridgehead atoms. The molecule has 0 saturated heterocycles. The Hall–Kier alpha value is -1.78. The lowest BCUT2D eigenvalue weighted by molar-refractivity contribution is -0.154. The molecule has 3 N–H and O–H groups in total. The summed E-state index contributed by atoms with van der Waals surface area (Å²) < 4.78 is 0. The first kappa shape index (κ1) is 9.31. The van der Waals surface area contributed by atoms with Gasteiger partial charge in [-0.1, -0.05) is 0 Å². The van der Waals surface area contributed by atoms with Crippen LogP contribution in [0.25, 0.3) is 0 Å². The Labute approximate surface area is 74.0 Å². The minimum Gasteiger partial charge on any atom is -0.481 e. The van der Waals surface area contributed by atoms with Crippen LogP contribution in [0.2, 0.25) is 0 Å². The zero-order chi connectivity index (χ0) is 9.84. The highest BCUT2D eigenvalue weighted by Gasteiger charge is 2.25. The zero-order valence-corrected chi connectivity index (χ0v) is 6.73. The van der Waals surface area contributed by atoms with Gasteiger partial charge >= 0.3 is 11.9 Å². The van der Waals surface area contributed by atoms with Gasteiger partial charge in [-0.05, 0) is 12.1 Å². The van der Waals surface area contributed by atoms with Gasteiger partial charge in [0.15, 0.2) is 5.92 Å². The fourth-order valence-electron chi connectivity index (χ4n) is 0.995. The van der Waals surface area contributed by atoms with Crippen molar-refractivity contribution in [1.29, 1.82) is 0 Å². The number of rotatable bonds is 4. The Balaban J connectivity index is 2.69. The Bertz CT molecular complexity index is 290. The summed E-state index contributed by atoms with van der Waals surface area (Å²) in [6.07, 6.45) is 1.60. The molecule has 0 aliphatic heterocycles. The largest absolute Gasteiger partial charge is 0.481 e. The van der Waals surface area contributed by atoms with Crippen molar-refractivity contribution in [3.63, 3.8) is 0 Å². The Kier molecular flexibility index (Phi) is 2.69. The molecule has 1 aromatic heterocycles. The van der Waals surface area contributed by atoms with Crippen molar-refractivity contribution in [2.24, 2.45) is 5.92 Å². The molecule has 0 saturated carbocycles. The lowest BCUT2D eigenvalue weighted by Gasteiger charge is -2.04. The summed E-state index contributed by atoms with van der Waals surface area (Å²) >= 11 is 0. The molecule has 0 amide bonds. The first-order chi connectivity index (χ1) is 6.11. The van der Waals surface area contributed by atoms with E-state index in [2.05, 4.69) is 4.98 Å². The van der Waals surface area contributed by atoms with Crippen LogP contribution in [0.4, 0.5) is 0 Å². The predicted molar refractivity (Wildman–Crippen MR) is 43.3 cm³/mol. The van der Waals surface area contributed by atoms with Gasteiger partial charge in [0.1, 0.15) is 0 Å². The molecule has 13 heavy (non-hydrogen) atoms. The van der Waals surface area contributed by atoms with Gasteiger partial charge in [-0.3, -0.25) is 9.59 Å². The first-order valence-corrected chi connectivity index (χ1v) is 3.69. The van der Waals surface area contributed by atoms with Crippen molar-refractivity contribution in [1.82, 2.24) is 4.98 Å². The maximum absolute atomic E-state index is 10.5. The number of aromatic amines is 1. The van der Waals surface area contributed by atoms with E-state index in [1.165, 1.54) is 0 Å². The van der Waals surface area contributed by atoms with Crippen LogP contribution in [0, 0.1) is 5.92 Å². The zero-order valence-electron chi connectivity index (χ0n) is 6.73. The number of aliphatic carboxylic acids is 2. The summed E-state index contributed by atoms with van der Waals surface area (Å²) in [5.74, 6) is -4.01.